The third kappa shape index (κ3) is 2.93. The normalized spacial score (nSPS) is 26.5. The van der Waals surface area contributed by atoms with E-state index in [2.05, 4.69) is 4.98 Å². The first-order valence-electron chi connectivity index (χ1n) is 9.63. The summed E-state index contributed by atoms with van der Waals surface area (Å²) in [6.07, 6.45) is 5.98. The van der Waals surface area contributed by atoms with E-state index in [9.17, 15) is 18.7 Å². The van der Waals surface area contributed by atoms with E-state index < -0.39 is 16.5 Å². The molecule has 2 aliphatic rings. The van der Waals surface area contributed by atoms with E-state index in [4.69, 9.17) is 5.73 Å². The number of nitrogens with two attached hydrogens (primary N) is 1. The van der Waals surface area contributed by atoms with Gasteiger partial charge in [0.05, 0.1) is 16.0 Å². The Balaban J connectivity index is 1.62. The van der Waals surface area contributed by atoms with Crippen LogP contribution in [-0.4, -0.2) is 36.8 Å². The number of hydrogen-bond acceptors (Lipinski definition) is 5. The number of thiophene rings is 1. The van der Waals surface area contributed by atoms with Gasteiger partial charge in [0.1, 0.15) is 0 Å². The Morgan fingerprint density at radius 1 is 1.17 bits per heavy atom. The number of carbonyl (C=O) groups is 2. The number of nitrogens with one attached hydrogen (secondary N) is 1. The molecule has 0 saturated carbocycles. The van der Waals surface area contributed by atoms with Crippen LogP contribution in [0.1, 0.15) is 57.2 Å². The highest BCUT2D eigenvalue weighted by Gasteiger charge is 2.47. The van der Waals surface area contributed by atoms with Crippen molar-refractivity contribution in [1.82, 2.24) is 4.98 Å². The summed E-state index contributed by atoms with van der Waals surface area (Å²) >= 11 is 1.36. The van der Waals surface area contributed by atoms with E-state index >= 15 is 0 Å². The Morgan fingerprint density at radius 3 is 2.52 bits per heavy atom. The minimum Gasteiger partial charge on any atom is -0.366 e. The molecular weight excluding hydrogens is 408 g/mol. The van der Waals surface area contributed by atoms with Crippen LogP contribution in [0.25, 0.3) is 22.0 Å². The Kier molecular flexibility index (Phi) is 4.36. The molecule has 2 bridgehead atoms. The fourth-order valence-electron chi connectivity index (χ4n) is 5.01. The third-order valence-corrected chi connectivity index (χ3v) is 10.2. The van der Waals surface area contributed by atoms with E-state index in [1.54, 1.807) is 6.07 Å². The summed E-state index contributed by atoms with van der Waals surface area (Å²) in [5.74, 6) is -0.292. The van der Waals surface area contributed by atoms with E-state index in [0.717, 1.165) is 54.0 Å². The highest BCUT2D eigenvalue weighted by Crippen LogP contribution is 2.66. The predicted molar refractivity (Wildman–Crippen MR) is 117 cm³/mol. The van der Waals surface area contributed by atoms with Crippen molar-refractivity contribution in [3.8, 4) is 11.1 Å². The second kappa shape index (κ2) is 6.70. The van der Waals surface area contributed by atoms with Crippen molar-refractivity contribution in [3.05, 3.63) is 45.8 Å². The lowest BCUT2D eigenvalue weighted by Gasteiger charge is -2.46. The monoisotopic (exact) mass is 430 g/mol. The molecule has 2 fully saturated rings. The summed E-state index contributed by atoms with van der Waals surface area (Å²) in [4.78, 5) is 27.1. The molecule has 0 unspecified atom stereocenters. The molecule has 3 atom stereocenters. The lowest BCUT2D eigenvalue weighted by Crippen LogP contribution is -2.28. The molecule has 1 aromatic carbocycles. The van der Waals surface area contributed by atoms with Crippen molar-refractivity contribution in [2.45, 2.75) is 42.1 Å². The number of H-pyrrole nitrogens is 1. The first-order chi connectivity index (χ1) is 13.9. The van der Waals surface area contributed by atoms with Crippen LogP contribution in [0.3, 0.4) is 0 Å². The zero-order chi connectivity index (χ0) is 20.3. The number of aromatic amines is 1. The highest BCUT2D eigenvalue weighted by molar-refractivity contribution is 8.25. The smallest absolute Gasteiger partial charge is 0.250 e. The van der Waals surface area contributed by atoms with E-state index in [0.29, 0.717) is 16.0 Å². The molecular formula is C21H22N2O4S2. The van der Waals surface area contributed by atoms with Gasteiger partial charge in [-0.15, -0.1) is 11.3 Å². The SMILES string of the molecule is NC(=O)c1cc(-c2csc(C=O)c2)cc2c([C@@H]3C[C@H]4CC[C@@H](C3)S4(O)O)c[nH]c12. The molecule has 2 saturated heterocycles. The van der Waals surface area contributed by atoms with Gasteiger partial charge < -0.3 is 10.7 Å². The van der Waals surface area contributed by atoms with Gasteiger partial charge in [-0.25, -0.2) is 0 Å². The molecule has 0 spiro atoms. The van der Waals surface area contributed by atoms with Crippen LogP contribution in [0.4, 0.5) is 0 Å². The summed E-state index contributed by atoms with van der Waals surface area (Å²) in [7, 11) is -2.50. The zero-order valence-electron chi connectivity index (χ0n) is 15.6. The maximum absolute atomic E-state index is 12.1. The fraction of sp³-hybridized carbons (Fsp3) is 0.333. The van der Waals surface area contributed by atoms with Gasteiger partial charge in [0, 0.05) is 22.1 Å². The topological polar surface area (TPSA) is 116 Å². The molecule has 2 aliphatic heterocycles. The molecule has 6 nitrogen and oxygen atoms in total. The Bertz CT molecular complexity index is 1120. The lowest BCUT2D eigenvalue weighted by molar-refractivity contribution is 0.100. The summed E-state index contributed by atoms with van der Waals surface area (Å²) in [6, 6.07) is 5.62. The molecule has 0 radical (unpaired) electrons. The number of benzene rings is 1. The van der Waals surface area contributed by atoms with E-state index in [1.807, 2.05) is 23.7 Å². The van der Waals surface area contributed by atoms with Crippen LogP contribution in [0.2, 0.25) is 0 Å². The van der Waals surface area contributed by atoms with Crippen LogP contribution in [0.5, 0.6) is 0 Å². The van der Waals surface area contributed by atoms with Gasteiger partial charge in [-0.05, 0) is 71.9 Å². The van der Waals surface area contributed by atoms with Gasteiger partial charge in [-0.1, -0.05) is 0 Å². The summed E-state index contributed by atoms with van der Waals surface area (Å²) < 4.78 is 21.0. The van der Waals surface area contributed by atoms with Gasteiger partial charge in [0.25, 0.3) is 5.91 Å². The zero-order valence-corrected chi connectivity index (χ0v) is 17.3. The average Bonchev–Trinajstić information content (AvgIpc) is 3.35. The largest absolute Gasteiger partial charge is 0.366 e. The minimum atomic E-state index is -2.50. The molecule has 1 amide bonds. The van der Waals surface area contributed by atoms with Crippen LogP contribution in [0.15, 0.2) is 29.8 Å². The number of rotatable bonds is 4. The first-order valence-corrected chi connectivity index (χ1v) is 12.2. The Labute approximate surface area is 173 Å². The maximum atomic E-state index is 12.1. The van der Waals surface area contributed by atoms with E-state index in [-0.39, 0.29) is 16.4 Å². The molecule has 4 heterocycles. The number of fused-ring (bicyclic) bond motifs is 3. The summed E-state index contributed by atoms with van der Waals surface area (Å²) in [5.41, 5.74) is 9.62. The molecule has 3 aromatic rings. The number of primary amides is 1. The molecule has 152 valence electrons. The quantitative estimate of drug-likeness (QED) is 0.437. The second-order valence-electron chi connectivity index (χ2n) is 8.04. The number of amides is 1. The summed E-state index contributed by atoms with van der Waals surface area (Å²) in [5, 5.41) is 2.76. The standard InChI is InChI=1S/C21H22N2O4S2/c22-21(25)18-7-11(13-3-14(9-24)28-10-13)6-17-19(8-23-20(17)18)12-4-15-1-2-16(5-12)29(15,26)27/h3,6-10,12,15-16,23,26-27H,1-2,4-5H2,(H2,22,25)/t12-,15-,16+. The van der Waals surface area contributed by atoms with Crippen LogP contribution in [-0.2, 0) is 0 Å². The summed E-state index contributed by atoms with van der Waals surface area (Å²) in [6.45, 7) is 0. The van der Waals surface area contributed by atoms with Crippen LogP contribution >= 0.6 is 21.9 Å². The van der Waals surface area contributed by atoms with E-state index in [1.165, 1.54) is 11.3 Å². The highest BCUT2D eigenvalue weighted by atomic mass is 32.3. The van der Waals surface area contributed by atoms with Crippen molar-refractivity contribution in [3.63, 3.8) is 0 Å². The van der Waals surface area contributed by atoms with Crippen LogP contribution < -0.4 is 5.73 Å². The first kappa shape index (κ1) is 18.9. The molecule has 8 heteroatoms. The number of aldehydes is 1. The van der Waals surface area contributed by atoms with Gasteiger partial charge in [0.2, 0.25) is 0 Å². The number of carbonyl (C=O) groups excluding carboxylic acids is 2. The number of aromatic nitrogens is 1. The minimum absolute atomic E-state index is 0.0398. The van der Waals surface area contributed by atoms with Crippen molar-refractivity contribution in [2.24, 2.45) is 5.73 Å². The second-order valence-corrected chi connectivity index (χ2v) is 11.6. The molecule has 5 N–H and O–H groups in total. The Hall–Kier alpha value is -2.13. The lowest BCUT2D eigenvalue weighted by atomic mass is 9.89. The maximum Gasteiger partial charge on any atom is 0.250 e. The van der Waals surface area contributed by atoms with Crippen molar-refractivity contribution in [2.75, 3.05) is 0 Å². The molecule has 29 heavy (non-hydrogen) atoms. The molecule has 0 aliphatic carbocycles. The molecule has 5 rings (SSSR count). The third-order valence-electron chi connectivity index (χ3n) is 6.48. The predicted octanol–water partition coefficient (Wildman–Crippen LogP) is 4.97. The average molecular weight is 431 g/mol. The van der Waals surface area contributed by atoms with Crippen molar-refractivity contribution >= 4 is 45.0 Å². The number of hydrogen-bond donors (Lipinski definition) is 4. The van der Waals surface area contributed by atoms with Gasteiger partial charge in [-0.2, -0.15) is 10.6 Å². The van der Waals surface area contributed by atoms with Crippen molar-refractivity contribution < 1.29 is 18.7 Å². The fourth-order valence-corrected chi connectivity index (χ4v) is 8.27. The van der Waals surface area contributed by atoms with Crippen molar-refractivity contribution in [1.29, 1.82) is 0 Å². The Morgan fingerprint density at radius 2 is 1.90 bits per heavy atom. The molecule has 2 aromatic heterocycles. The van der Waals surface area contributed by atoms with Gasteiger partial charge >= 0.3 is 0 Å². The van der Waals surface area contributed by atoms with Gasteiger partial charge in [-0.3, -0.25) is 18.7 Å². The van der Waals surface area contributed by atoms with Gasteiger partial charge in [0.15, 0.2) is 6.29 Å². The van der Waals surface area contributed by atoms with Crippen LogP contribution in [0, 0.1) is 0 Å².